The topological polar surface area (TPSA) is 25.2 Å². The maximum atomic E-state index is 12.6. The lowest BCUT2D eigenvalue weighted by Crippen LogP contribution is -2.31. The fourth-order valence-corrected chi connectivity index (χ4v) is 3.94. The number of fused-ring (bicyclic) bond motifs is 1. The van der Waals surface area contributed by atoms with Crippen molar-refractivity contribution < 1.29 is 4.79 Å². The molecule has 0 aromatic carbocycles. The third-order valence-corrected chi connectivity index (χ3v) is 4.87. The summed E-state index contributed by atoms with van der Waals surface area (Å²) in [6.07, 6.45) is 5.97. The van der Waals surface area contributed by atoms with E-state index in [0.29, 0.717) is 0 Å². The first-order chi connectivity index (χ1) is 8.69. The van der Waals surface area contributed by atoms with Gasteiger partial charge in [0.05, 0.1) is 0 Å². The average Bonchev–Trinajstić information content (AvgIpc) is 3.00. The highest BCUT2D eigenvalue weighted by Gasteiger charge is 2.38. The van der Waals surface area contributed by atoms with Crippen LogP contribution in [0.1, 0.15) is 36.7 Å². The SMILES string of the molecule is CCn1cc(Br)cc1C(=O)N1CC2CCCC2C1. The van der Waals surface area contributed by atoms with Crippen LogP contribution < -0.4 is 0 Å². The van der Waals surface area contributed by atoms with Crippen LogP contribution in [0.4, 0.5) is 0 Å². The van der Waals surface area contributed by atoms with Crippen molar-refractivity contribution in [3.05, 3.63) is 22.4 Å². The number of aromatic nitrogens is 1. The van der Waals surface area contributed by atoms with Gasteiger partial charge in [-0.15, -0.1) is 0 Å². The minimum absolute atomic E-state index is 0.206. The van der Waals surface area contributed by atoms with E-state index in [1.165, 1.54) is 19.3 Å². The molecule has 0 bridgehead atoms. The number of nitrogens with zero attached hydrogens (tertiary/aromatic N) is 2. The molecule has 2 atom stereocenters. The molecule has 2 heterocycles. The van der Waals surface area contributed by atoms with Crippen molar-refractivity contribution >= 4 is 21.8 Å². The molecular weight excluding hydrogens is 292 g/mol. The van der Waals surface area contributed by atoms with Crippen LogP contribution in [0.25, 0.3) is 0 Å². The predicted octanol–water partition coefficient (Wildman–Crippen LogP) is 3.14. The predicted molar refractivity (Wildman–Crippen MR) is 74.5 cm³/mol. The van der Waals surface area contributed by atoms with Crippen LogP contribution in [-0.2, 0) is 6.54 Å². The van der Waals surface area contributed by atoms with E-state index in [1.807, 2.05) is 16.8 Å². The maximum Gasteiger partial charge on any atom is 0.270 e. The Labute approximate surface area is 116 Å². The van der Waals surface area contributed by atoms with Crippen LogP contribution in [0.15, 0.2) is 16.7 Å². The highest BCUT2D eigenvalue weighted by Crippen LogP contribution is 2.38. The van der Waals surface area contributed by atoms with Gasteiger partial charge in [0.1, 0.15) is 5.69 Å². The van der Waals surface area contributed by atoms with Gasteiger partial charge in [-0.05, 0) is 53.6 Å². The summed E-state index contributed by atoms with van der Waals surface area (Å²) in [5.74, 6) is 1.74. The van der Waals surface area contributed by atoms with E-state index in [1.54, 1.807) is 0 Å². The highest BCUT2D eigenvalue weighted by molar-refractivity contribution is 9.10. The Kier molecular flexibility index (Phi) is 3.22. The Bertz CT molecular complexity index is 456. The third kappa shape index (κ3) is 2.00. The van der Waals surface area contributed by atoms with Crippen LogP contribution in [0.3, 0.4) is 0 Å². The first-order valence-electron chi connectivity index (χ1n) is 6.84. The zero-order valence-corrected chi connectivity index (χ0v) is 12.3. The maximum absolute atomic E-state index is 12.6. The normalized spacial score (nSPS) is 26.7. The number of hydrogen-bond donors (Lipinski definition) is 0. The standard InChI is InChI=1S/C14H19BrN2O/c1-2-16-9-12(15)6-13(16)14(18)17-7-10-4-3-5-11(10)8-17/h6,9-11H,2-5,7-8H2,1H3. The summed E-state index contributed by atoms with van der Waals surface area (Å²) in [7, 11) is 0. The molecule has 4 heteroatoms. The van der Waals surface area contributed by atoms with Crippen molar-refractivity contribution in [3.63, 3.8) is 0 Å². The first kappa shape index (κ1) is 12.3. The van der Waals surface area contributed by atoms with Gasteiger partial charge in [-0.2, -0.15) is 0 Å². The number of carbonyl (C=O) groups excluding carboxylic acids is 1. The zero-order valence-electron chi connectivity index (χ0n) is 10.7. The molecule has 3 rings (SSSR count). The lowest BCUT2D eigenvalue weighted by molar-refractivity contribution is 0.0770. The van der Waals surface area contributed by atoms with E-state index < -0.39 is 0 Å². The average molecular weight is 311 g/mol. The van der Waals surface area contributed by atoms with Crippen molar-refractivity contribution in [1.29, 1.82) is 0 Å². The van der Waals surface area contributed by atoms with Gasteiger partial charge >= 0.3 is 0 Å². The molecule has 0 spiro atoms. The smallest absolute Gasteiger partial charge is 0.270 e. The molecule has 2 unspecified atom stereocenters. The van der Waals surface area contributed by atoms with Gasteiger partial charge in [0.15, 0.2) is 0 Å². The van der Waals surface area contributed by atoms with Crippen LogP contribution >= 0.6 is 15.9 Å². The van der Waals surface area contributed by atoms with Crippen molar-refractivity contribution in [3.8, 4) is 0 Å². The molecule has 1 aliphatic carbocycles. The molecule has 1 aliphatic heterocycles. The van der Waals surface area contributed by atoms with Crippen molar-refractivity contribution in [1.82, 2.24) is 9.47 Å². The first-order valence-corrected chi connectivity index (χ1v) is 7.63. The van der Waals surface area contributed by atoms with Crippen molar-refractivity contribution in [2.45, 2.75) is 32.7 Å². The number of hydrogen-bond acceptors (Lipinski definition) is 1. The number of carbonyl (C=O) groups is 1. The van der Waals surface area contributed by atoms with E-state index in [2.05, 4.69) is 27.8 Å². The summed E-state index contributed by atoms with van der Waals surface area (Å²) in [5.41, 5.74) is 0.823. The van der Waals surface area contributed by atoms with E-state index in [-0.39, 0.29) is 5.91 Å². The molecule has 3 nitrogen and oxygen atoms in total. The number of likely N-dealkylation sites (tertiary alicyclic amines) is 1. The summed E-state index contributed by atoms with van der Waals surface area (Å²) in [6, 6.07) is 1.94. The van der Waals surface area contributed by atoms with E-state index in [0.717, 1.165) is 41.6 Å². The lowest BCUT2D eigenvalue weighted by Gasteiger charge is -2.18. The quantitative estimate of drug-likeness (QED) is 0.824. The van der Waals surface area contributed by atoms with Crippen LogP contribution in [0, 0.1) is 11.8 Å². The summed E-state index contributed by atoms with van der Waals surface area (Å²) >= 11 is 3.46. The van der Waals surface area contributed by atoms with Gasteiger partial charge in [-0.1, -0.05) is 6.42 Å². The Morgan fingerprint density at radius 3 is 2.67 bits per heavy atom. The summed E-state index contributed by atoms with van der Waals surface area (Å²) in [4.78, 5) is 14.6. The van der Waals surface area contributed by atoms with Crippen LogP contribution in [-0.4, -0.2) is 28.5 Å². The van der Waals surface area contributed by atoms with Gasteiger partial charge in [-0.25, -0.2) is 0 Å². The molecule has 1 aromatic rings. The van der Waals surface area contributed by atoms with Gasteiger partial charge in [0.2, 0.25) is 0 Å². The Morgan fingerprint density at radius 1 is 1.39 bits per heavy atom. The van der Waals surface area contributed by atoms with Gasteiger partial charge in [0, 0.05) is 30.3 Å². The zero-order chi connectivity index (χ0) is 12.7. The number of amides is 1. The van der Waals surface area contributed by atoms with Gasteiger partial charge in [0.25, 0.3) is 5.91 Å². The molecule has 0 radical (unpaired) electrons. The molecule has 1 aromatic heterocycles. The fraction of sp³-hybridized carbons (Fsp3) is 0.643. The second-order valence-electron chi connectivity index (χ2n) is 5.49. The lowest BCUT2D eigenvalue weighted by atomic mass is 10.0. The molecule has 98 valence electrons. The van der Waals surface area contributed by atoms with Crippen molar-refractivity contribution in [2.24, 2.45) is 11.8 Å². The molecule has 1 amide bonds. The second kappa shape index (κ2) is 4.72. The molecule has 0 N–H and O–H groups in total. The van der Waals surface area contributed by atoms with E-state index in [9.17, 15) is 4.79 Å². The minimum atomic E-state index is 0.206. The Hall–Kier alpha value is -0.770. The molecule has 2 fully saturated rings. The van der Waals surface area contributed by atoms with Gasteiger partial charge in [-0.3, -0.25) is 4.79 Å². The summed E-state index contributed by atoms with van der Waals surface area (Å²) in [6.45, 7) is 4.85. The molecule has 18 heavy (non-hydrogen) atoms. The van der Waals surface area contributed by atoms with E-state index >= 15 is 0 Å². The molecular formula is C14H19BrN2O. The number of halogens is 1. The number of rotatable bonds is 2. The van der Waals surface area contributed by atoms with Crippen LogP contribution in [0.2, 0.25) is 0 Å². The van der Waals surface area contributed by atoms with Crippen LogP contribution in [0.5, 0.6) is 0 Å². The summed E-state index contributed by atoms with van der Waals surface area (Å²) < 4.78 is 3.02. The third-order valence-electron chi connectivity index (χ3n) is 4.44. The monoisotopic (exact) mass is 310 g/mol. The molecule has 2 aliphatic rings. The summed E-state index contributed by atoms with van der Waals surface area (Å²) in [5, 5.41) is 0. The van der Waals surface area contributed by atoms with E-state index in [4.69, 9.17) is 0 Å². The minimum Gasteiger partial charge on any atom is -0.343 e. The van der Waals surface area contributed by atoms with Crippen molar-refractivity contribution in [2.75, 3.05) is 13.1 Å². The largest absolute Gasteiger partial charge is 0.343 e. The Morgan fingerprint density at radius 2 is 2.06 bits per heavy atom. The molecule has 1 saturated heterocycles. The van der Waals surface area contributed by atoms with Gasteiger partial charge < -0.3 is 9.47 Å². The fourth-order valence-electron chi connectivity index (χ4n) is 3.48. The highest BCUT2D eigenvalue weighted by atomic mass is 79.9. The Balaban J connectivity index is 1.78. The second-order valence-corrected chi connectivity index (χ2v) is 6.41. The number of aryl methyl sites for hydroxylation is 1. The molecule has 1 saturated carbocycles.